The molecule has 2 heterocycles. The predicted molar refractivity (Wildman–Crippen MR) is 123 cm³/mol. The molecule has 0 atom stereocenters. The number of benzene rings is 1. The smallest absolute Gasteiger partial charge is 0.254 e. The summed E-state index contributed by atoms with van der Waals surface area (Å²) in [6.45, 7) is 5.84. The van der Waals surface area contributed by atoms with Crippen LogP contribution in [0.2, 0.25) is 0 Å². The largest absolute Gasteiger partial charge is 0.495 e. The summed E-state index contributed by atoms with van der Waals surface area (Å²) >= 11 is 0. The highest BCUT2D eigenvalue weighted by Gasteiger charge is 2.20. The number of aromatic nitrogens is 3. The van der Waals surface area contributed by atoms with Crippen molar-refractivity contribution >= 4 is 29.1 Å². The number of para-hydroxylation sites is 2. The Kier molecular flexibility index (Phi) is 7.27. The second kappa shape index (κ2) is 10.1. The number of primary amides is 1. The van der Waals surface area contributed by atoms with E-state index >= 15 is 0 Å². The first-order chi connectivity index (χ1) is 15.8. The second-order valence-electron chi connectivity index (χ2n) is 7.58. The molecule has 1 aromatic carbocycles. The summed E-state index contributed by atoms with van der Waals surface area (Å²) in [6.07, 6.45) is 2.02. The van der Waals surface area contributed by atoms with Crippen LogP contribution in [0.1, 0.15) is 40.7 Å². The van der Waals surface area contributed by atoms with Crippen LogP contribution >= 0.6 is 0 Å². The normalized spacial score (nSPS) is 10.8. The number of rotatable bonds is 9. The molecule has 0 saturated heterocycles. The summed E-state index contributed by atoms with van der Waals surface area (Å²) in [6, 6.07) is 7.09. The Hall–Kier alpha value is -3.95. The van der Waals surface area contributed by atoms with Crippen LogP contribution in [-0.4, -0.2) is 57.4 Å². The highest BCUT2D eigenvalue weighted by atomic mass is 16.5. The van der Waals surface area contributed by atoms with Crippen molar-refractivity contribution in [1.29, 1.82) is 0 Å². The number of ether oxygens (including phenoxy) is 1. The molecule has 0 saturated carbocycles. The van der Waals surface area contributed by atoms with Gasteiger partial charge in [0.25, 0.3) is 5.91 Å². The zero-order chi connectivity index (χ0) is 24.1. The molecule has 174 valence electrons. The summed E-state index contributed by atoms with van der Waals surface area (Å²) in [5.74, 6) is -0.498. The van der Waals surface area contributed by atoms with E-state index in [0.717, 1.165) is 11.3 Å². The van der Waals surface area contributed by atoms with Gasteiger partial charge < -0.3 is 20.7 Å². The number of nitrogens with two attached hydrogens (primary N) is 1. The first-order valence-electron chi connectivity index (χ1n) is 10.6. The topological polar surface area (TPSA) is 132 Å². The monoisotopic (exact) mass is 452 g/mol. The Labute approximate surface area is 191 Å². The van der Waals surface area contributed by atoms with Crippen molar-refractivity contribution in [3.63, 3.8) is 0 Å². The highest BCUT2D eigenvalue weighted by Crippen LogP contribution is 2.23. The van der Waals surface area contributed by atoms with E-state index in [0.29, 0.717) is 35.7 Å². The molecule has 33 heavy (non-hydrogen) atoms. The first kappa shape index (κ1) is 23.7. The SMILES string of the molecule is CCN(CC(=O)Nc1ccccc1OC)C(=O)CCc1c(C)nc2c(C(N)=O)cnn2c1C. The molecule has 0 aliphatic rings. The second-order valence-corrected chi connectivity index (χ2v) is 7.58. The number of aryl methyl sites for hydroxylation is 2. The molecule has 10 heteroatoms. The van der Waals surface area contributed by atoms with Gasteiger partial charge in [0.15, 0.2) is 5.65 Å². The summed E-state index contributed by atoms with van der Waals surface area (Å²) in [4.78, 5) is 42.9. The van der Waals surface area contributed by atoms with E-state index < -0.39 is 5.91 Å². The van der Waals surface area contributed by atoms with Gasteiger partial charge in [0.1, 0.15) is 11.3 Å². The molecule has 3 amide bonds. The van der Waals surface area contributed by atoms with E-state index in [4.69, 9.17) is 10.5 Å². The molecular weight excluding hydrogens is 424 g/mol. The van der Waals surface area contributed by atoms with E-state index in [9.17, 15) is 14.4 Å². The van der Waals surface area contributed by atoms with Crippen molar-refractivity contribution in [3.05, 3.63) is 53.0 Å². The van der Waals surface area contributed by atoms with Crippen LogP contribution in [0, 0.1) is 13.8 Å². The minimum atomic E-state index is -0.593. The lowest BCUT2D eigenvalue weighted by Crippen LogP contribution is -2.38. The van der Waals surface area contributed by atoms with Crippen LogP contribution < -0.4 is 15.8 Å². The van der Waals surface area contributed by atoms with Crippen LogP contribution in [-0.2, 0) is 16.0 Å². The molecule has 3 rings (SSSR count). The fourth-order valence-electron chi connectivity index (χ4n) is 3.72. The Morgan fingerprint density at radius 1 is 1.21 bits per heavy atom. The van der Waals surface area contributed by atoms with Crippen LogP contribution in [0.15, 0.2) is 30.5 Å². The Morgan fingerprint density at radius 3 is 2.61 bits per heavy atom. The molecule has 0 aliphatic carbocycles. The predicted octanol–water partition coefficient (Wildman–Crippen LogP) is 1.87. The van der Waals surface area contributed by atoms with Crippen molar-refractivity contribution in [2.24, 2.45) is 5.73 Å². The number of amides is 3. The molecular formula is C23H28N6O4. The minimum absolute atomic E-state index is 0.0657. The zero-order valence-electron chi connectivity index (χ0n) is 19.2. The molecule has 10 nitrogen and oxygen atoms in total. The number of carbonyl (C=O) groups is 3. The van der Waals surface area contributed by atoms with Gasteiger partial charge in [-0.1, -0.05) is 12.1 Å². The standard InChI is InChI=1S/C23H28N6O4/c1-5-28(13-20(30)27-18-8-6-7-9-19(18)33-4)21(31)11-10-16-14(2)26-23-17(22(24)32)12-25-29(23)15(16)3/h6-9,12H,5,10-11,13H2,1-4H3,(H2,24,32)(H,27,30). The maximum absolute atomic E-state index is 12.9. The van der Waals surface area contributed by atoms with Gasteiger partial charge >= 0.3 is 0 Å². The van der Waals surface area contributed by atoms with Crippen molar-refractivity contribution in [3.8, 4) is 5.75 Å². The zero-order valence-corrected chi connectivity index (χ0v) is 19.2. The lowest BCUT2D eigenvalue weighted by molar-refractivity contribution is -0.134. The first-order valence-corrected chi connectivity index (χ1v) is 10.6. The quantitative estimate of drug-likeness (QED) is 0.509. The lowest BCUT2D eigenvalue weighted by Gasteiger charge is -2.21. The lowest BCUT2D eigenvalue weighted by atomic mass is 10.1. The third-order valence-electron chi connectivity index (χ3n) is 5.51. The summed E-state index contributed by atoms with van der Waals surface area (Å²) in [5.41, 5.74) is 8.95. The van der Waals surface area contributed by atoms with Crippen LogP contribution in [0.25, 0.3) is 5.65 Å². The van der Waals surface area contributed by atoms with Gasteiger partial charge in [-0.25, -0.2) is 9.50 Å². The van der Waals surface area contributed by atoms with Gasteiger partial charge in [-0.2, -0.15) is 5.10 Å². The van der Waals surface area contributed by atoms with E-state index in [1.54, 1.807) is 22.7 Å². The van der Waals surface area contributed by atoms with Crippen LogP contribution in [0.4, 0.5) is 5.69 Å². The molecule has 0 bridgehead atoms. The molecule has 0 fully saturated rings. The van der Waals surface area contributed by atoms with E-state index in [2.05, 4.69) is 15.4 Å². The number of fused-ring (bicyclic) bond motifs is 1. The van der Waals surface area contributed by atoms with Crippen molar-refractivity contribution < 1.29 is 19.1 Å². The highest BCUT2D eigenvalue weighted by molar-refractivity contribution is 5.98. The molecule has 3 N–H and O–H groups in total. The maximum Gasteiger partial charge on any atom is 0.254 e. The number of hydrogen-bond donors (Lipinski definition) is 2. The Bertz CT molecular complexity index is 1200. The third-order valence-corrected chi connectivity index (χ3v) is 5.51. The molecule has 0 aliphatic heterocycles. The fraction of sp³-hybridized carbons (Fsp3) is 0.348. The van der Waals surface area contributed by atoms with Crippen molar-refractivity contribution in [2.45, 2.75) is 33.6 Å². The number of hydrogen-bond acceptors (Lipinski definition) is 6. The van der Waals surface area contributed by atoms with Gasteiger partial charge in [0, 0.05) is 24.4 Å². The number of likely N-dealkylation sites (N-methyl/N-ethyl adjacent to an activating group) is 1. The number of methoxy groups -OCH3 is 1. The minimum Gasteiger partial charge on any atom is -0.495 e. The number of carbonyl (C=O) groups excluding carboxylic acids is 3. The van der Waals surface area contributed by atoms with Gasteiger partial charge in [-0.05, 0) is 44.9 Å². The van der Waals surface area contributed by atoms with Gasteiger partial charge in [-0.3, -0.25) is 14.4 Å². The Balaban J connectivity index is 1.68. The van der Waals surface area contributed by atoms with E-state index in [1.165, 1.54) is 18.2 Å². The number of anilines is 1. The number of nitrogens with one attached hydrogen (secondary N) is 1. The molecule has 3 aromatic rings. The summed E-state index contributed by atoms with van der Waals surface area (Å²) in [5, 5.41) is 7.00. The van der Waals surface area contributed by atoms with Crippen LogP contribution in [0.5, 0.6) is 5.75 Å². The van der Waals surface area contributed by atoms with E-state index in [1.807, 2.05) is 26.8 Å². The van der Waals surface area contributed by atoms with E-state index in [-0.39, 0.29) is 30.3 Å². The summed E-state index contributed by atoms with van der Waals surface area (Å²) in [7, 11) is 1.53. The molecule has 0 unspecified atom stereocenters. The van der Waals surface area contributed by atoms with Gasteiger partial charge in [0.05, 0.1) is 25.5 Å². The van der Waals surface area contributed by atoms with Gasteiger partial charge in [-0.15, -0.1) is 0 Å². The Morgan fingerprint density at radius 2 is 1.94 bits per heavy atom. The fourth-order valence-corrected chi connectivity index (χ4v) is 3.72. The van der Waals surface area contributed by atoms with Crippen LogP contribution in [0.3, 0.4) is 0 Å². The van der Waals surface area contributed by atoms with Crippen molar-refractivity contribution in [2.75, 3.05) is 25.5 Å². The third kappa shape index (κ3) is 5.11. The molecule has 0 spiro atoms. The average molecular weight is 453 g/mol. The van der Waals surface area contributed by atoms with Gasteiger partial charge in [0.2, 0.25) is 11.8 Å². The summed E-state index contributed by atoms with van der Waals surface area (Å²) < 4.78 is 6.81. The molecule has 0 radical (unpaired) electrons. The van der Waals surface area contributed by atoms with Crippen molar-refractivity contribution in [1.82, 2.24) is 19.5 Å². The molecule has 2 aromatic heterocycles. The maximum atomic E-state index is 12.9. The average Bonchev–Trinajstić information content (AvgIpc) is 3.21. The number of nitrogens with zero attached hydrogens (tertiary/aromatic N) is 4.